The van der Waals surface area contributed by atoms with E-state index in [4.69, 9.17) is 10.5 Å². The Morgan fingerprint density at radius 1 is 1.38 bits per heavy atom. The van der Waals surface area contributed by atoms with Crippen molar-refractivity contribution in [3.63, 3.8) is 0 Å². The SMILES string of the molecule is Nc1c(-c2ccccn2)nsc1C(=O)NCCCN1CCOCC1. The molecule has 3 rings (SSSR count). The van der Waals surface area contributed by atoms with E-state index in [-0.39, 0.29) is 5.91 Å². The van der Waals surface area contributed by atoms with Gasteiger partial charge in [0.2, 0.25) is 0 Å². The van der Waals surface area contributed by atoms with Gasteiger partial charge >= 0.3 is 0 Å². The van der Waals surface area contributed by atoms with Crippen molar-refractivity contribution in [3.05, 3.63) is 29.3 Å². The molecule has 0 radical (unpaired) electrons. The average Bonchev–Trinajstić information content (AvgIpc) is 3.02. The summed E-state index contributed by atoms with van der Waals surface area (Å²) in [7, 11) is 0. The summed E-state index contributed by atoms with van der Waals surface area (Å²) in [6, 6.07) is 5.52. The molecule has 0 unspecified atom stereocenters. The number of anilines is 1. The fourth-order valence-corrected chi connectivity index (χ4v) is 3.28. The van der Waals surface area contributed by atoms with Crippen LogP contribution in [0, 0.1) is 0 Å². The number of carbonyl (C=O) groups is 1. The minimum absolute atomic E-state index is 0.172. The predicted molar refractivity (Wildman–Crippen MR) is 94.0 cm³/mol. The van der Waals surface area contributed by atoms with Crippen LogP contribution in [0.15, 0.2) is 24.4 Å². The lowest BCUT2D eigenvalue weighted by Gasteiger charge is -2.26. The van der Waals surface area contributed by atoms with Gasteiger partial charge in [0.25, 0.3) is 5.91 Å². The van der Waals surface area contributed by atoms with Crippen LogP contribution in [0.2, 0.25) is 0 Å². The second kappa shape index (κ2) is 8.18. The summed E-state index contributed by atoms with van der Waals surface area (Å²) in [5.41, 5.74) is 7.72. The van der Waals surface area contributed by atoms with E-state index in [1.807, 2.05) is 18.2 Å². The van der Waals surface area contributed by atoms with Crippen molar-refractivity contribution in [2.45, 2.75) is 6.42 Å². The summed E-state index contributed by atoms with van der Waals surface area (Å²) in [4.78, 5) is 19.3. The number of nitrogen functional groups attached to an aromatic ring is 1. The Hall–Kier alpha value is -2.03. The predicted octanol–water partition coefficient (Wildman–Crippen LogP) is 1.24. The molecule has 2 aromatic heterocycles. The molecule has 3 N–H and O–H groups in total. The van der Waals surface area contributed by atoms with E-state index >= 15 is 0 Å². The summed E-state index contributed by atoms with van der Waals surface area (Å²) >= 11 is 1.11. The number of nitrogens with one attached hydrogen (secondary N) is 1. The first kappa shape index (κ1) is 16.8. The smallest absolute Gasteiger partial charge is 0.265 e. The zero-order valence-electron chi connectivity index (χ0n) is 13.4. The Balaban J connectivity index is 1.51. The minimum atomic E-state index is -0.172. The Morgan fingerprint density at radius 3 is 2.96 bits per heavy atom. The molecule has 128 valence electrons. The second-order valence-corrected chi connectivity index (χ2v) is 6.33. The first-order valence-electron chi connectivity index (χ1n) is 8.00. The molecule has 8 heteroatoms. The van der Waals surface area contributed by atoms with Crippen LogP contribution in [-0.4, -0.2) is 59.6 Å². The summed E-state index contributed by atoms with van der Waals surface area (Å²) < 4.78 is 9.60. The average molecular weight is 347 g/mol. The molecule has 7 nitrogen and oxygen atoms in total. The van der Waals surface area contributed by atoms with Gasteiger partial charge in [0.1, 0.15) is 10.6 Å². The molecule has 0 bridgehead atoms. The van der Waals surface area contributed by atoms with E-state index in [2.05, 4.69) is 19.6 Å². The lowest BCUT2D eigenvalue weighted by molar-refractivity contribution is 0.0374. The van der Waals surface area contributed by atoms with Crippen LogP contribution in [0.1, 0.15) is 16.1 Å². The van der Waals surface area contributed by atoms with E-state index < -0.39 is 0 Å². The van der Waals surface area contributed by atoms with Crippen LogP contribution >= 0.6 is 11.5 Å². The third kappa shape index (κ3) is 4.08. The van der Waals surface area contributed by atoms with E-state index in [9.17, 15) is 4.79 Å². The zero-order chi connectivity index (χ0) is 16.8. The zero-order valence-corrected chi connectivity index (χ0v) is 14.2. The number of nitrogens with two attached hydrogens (primary N) is 1. The molecule has 0 saturated carbocycles. The highest BCUT2D eigenvalue weighted by molar-refractivity contribution is 7.09. The van der Waals surface area contributed by atoms with Gasteiger partial charge in [-0.3, -0.25) is 14.7 Å². The lowest BCUT2D eigenvalue weighted by atomic mass is 10.2. The Morgan fingerprint density at radius 2 is 2.21 bits per heavy atom. The maximum Gasteiger partial charge on any atom is 0.265 e. The van der Waals surface area contributed by atoms with Crippen LogP contribution in [0.3, 0.4) is 0 Å². The summed E-state index contributed by atoms with van der Waals surface area (Å²) in [6.07, 6.45) is 2.58. The number of morpholine rings is 1. The largest absolute Gasteiger partial charge is 0.396 e. The second-order valence-electron chi connectivity index (χ2n) is 5.55. The van der Waals surface area contributed by atoms with Gasteiger partial charge in [-0.05, 0) is 36.6 Å². The molecule has 1 saturated heterocycles. The van der Waals surface area contributed by atoms with E-state index in [1.165, 1.54) is 0 Å². The van der Waals surface area contributed by atoms with Gasteiger partial charge in [0.15, 0.2) is 0 Å². The van der Waals surface area contributed by atoms with E-state index in [1.54, 1.807) is 6.20 Å². The topological polar surface area (TPSA) is 93.4 Å². The number of pyridine rings is 1. The lowest BCUT2D eigenvalue weighted by Crippen LogP contribution is -2.38. The van der Waals surface area contributed by atoms with Gasteiger partial charge in [-0.2, -0.15) is 4.37 Å². The molecule has 1 amide bonds. The number of amides is 1. The molecular formula is C16H21N5O2S. The van der Waals surface area contributed by atoms with Crippen molar-refractivity contribution in [3.8, 4) is 11.4 Å². The molecule has 0 aromatic carbocycles. The number of ether oxygens (including phenoxy) is 1. The van der Waals surface area contributed by atoms with Gasteiger partial charge < -0.3 is 15.8 Å². The first-order chi connectivity index (χ1) is 11.8. The maximum absolute atomic E-state index is 12.3. The third-order valence-electron chi connectivity index (χ3n) is 3.88. The van der Waals surface area contributed by atoms with Crippen molar-refractivity contribution in [2.24, 2.45) is 0 Å². The molecule has 0 spiro atoms. The van der Waals surface area contributed by atoms with Crippen molar-refractivity contribution in [1.82, 2.24) is 19.6 Å². The van der Waals surface area contributed by atoms with Gasteiger partial charge in [0, 0.05) is 25.8 Å². The van der Waals surface area contributed by atoms with Gasteiger partial charge in [-0.25, -0.2) is 0 Å². The minimum Gasteiger partial charge on any atom is -0.396 e. The normalized spacial score (nSPS) is 15.3. The van der Waals surface area contributed by atoms with Crippen molar-refractivity contribution >= 4 is 23.1 Å². The van der Waals surface area contributed by atoms with Crippen molar-refractivity contribution in [1.29, 1.82) is 0 Å². The molecule has 2 aromatic rings. The Labute approximate surface area is 145 Å². The molecule has 0 atom stereocenters. The van der Waals surface area contributed by atoms with Gasteiger partial charge in [-0.1, -0.05) is 6.07 Å². The summed E-state index contributed by atoms with van der Waals surface area (Å²) in [5, 5.41) is 2.92. The highest BCUT2D eigenvalue weighted by Crippen LogP contribution is 2.29. The van der Waals surface area contributed by atoms with E-state index in [0.29, 0.717) is 28.5 Å². The molecule has 1 aliphatic rings. The number of hydrogen-bond acceptors (Lipinski definition) is 7. The number of rotatable bonds is 6. The Kier molecular flexibility index (Phi) is 5.73. The molecular weight excluding hydrogens is 326 g/mol. The van der Waals surface area contributed by atoms with Crippen molar-refractivity contribution in [2.75, 3.05) is 45.1 Å². The molecule has 0 aliphatic carbocycles. The first-order valence-corrected chi connectivity index (χ1v) is 8.78. The number of nitrogens with zero attached hydrogens (tertiary/aromatic N) is 3. The highest BCUT2D eigenvalue weighted by atomic mass is 32.1. The van der Waals surface area contributed by atoms with Crippen LogP contribution in [0.4, 0.5) is 5.69 Å². The Bertz CT molecular complexity index is 670. The quantitative estimate of drug-likeness (QED) is 0.764. The monoisotopic (exact) mass is 347 g/mol. The molecule has 1 aliphatic heterocycles. The van der Waals surface area contributed by atoms with Crippen LogP contribution in [0.5, 0.6) is 0 Å². The number of aromatic nitrogens is 2. The fraction of sp³-hybridized carbons (Fsp3) is 0.438. The van der Waals surface area contributed by atoms with Gasteiger partial charge in [-0.15, -0.1) is 0 Å². The maximum atomic E-state index is 12.3. The molecule has 24 heavy (non-hydrogen) atoms. The third-order valence-corrected chi connectivity index (χ3v) is 4.74. The van der Waals surface area contributed by atoms with Gasteiger partial charge in [0.05, 0.1) is 24.6 Å². The standard InChI is InChI=1S/C16H21N5O2S/c17-13-14(12-4-1-2-5-18-12)20-24-15(13)16(22)19-6-3-7-21-8-10-23-11-9-21/h1-2,4-5H,3,6-11,17H2,(H,19,22). The van der Waals surface area contributed by atoms with Crippen LogP contribution in [0.25, 0.3) is 11.4 Å². The molecule has 3 heterocycles. The molecule has 1 fully saturated rings. The summed E-state index contributed by atoms with van der Waals surface area (Å²) in [6.45, 7) is 5.08. The number of hydrogen-bond donors (Lipinski definition) is 2. The van der Waals surface area contributed by atoms with Crippen LogP contribution < -0.4 is 11.1 Å². The number of carbonyl (C=O) groups excluding carboxylic acids is 1. The summed E-state index contributed by atoms with van der Waals surface area (Å²) in [5.74, 6) is -0.172. The highest BCUT2D eigenvalue weighted by Gasteiger charge is 2.19. The van der Waals surface area contributed by atoms with Crippen LogP contribution in [-0.2, 0) is 4.74 Å². The fourth-order valence-electron chi connectivity index (χ4n) is 2.56. The van der Waals surface area contributed by atoms with Crippen molar-refractivity contribution < 1.29 is 9.53 Å². The van der Waals surface area contributed by atoms with E-state index in [0.717, 1.165) is 50.8 Å².